The zero-order valence-corrected chi connectivity index (χ0v) is 10.0. The number of piperidine rings is 1. The molecule has 1 aromatic rings. The summed E-state index contributed by atoms with van der Waals surface area (Å²) in [6, 6.07) is 7.62. The predicted molar refractivity (Wildman–Crippen MR) is 66.6 cm³/mol. The Labute approximate surface area is 97.9 Å². The Morgan fingerprint density at radius 1 is 1.31 bits per heavy atom. The third-order valence-electron chi connectivity index (χ3n) is 3.50. The van der Waals surface area contributed by atoms with Gasteiger partial charge in [-0.1, -0.05) is 12.1 Å². The number of phenols is 1. The van der Waals surface area contributed by atoms with Gasteiger partial charge in [-0.3, -0.25) is 0 Å². The molecule has 1 aromatic carbocycles. The molecule has 0 aliphatic carbocycles. The molecule has 16 heavy (non-hydrogen) atoms. The Morgan fingerprint density at radius 3 is 2.75 bits per heavy atom. The third-order valence-corrected chi connectivity index (χ3v) is 3.50. The molecule has 2 heteroatoms. The Balaban J connectivity index is 1.80. The zero-order valence-electron chi connectivity index (χ0n) is 10.0. The van der Waals surface area contributed by atoms with Crippen molar-refractivity contribution in [3.63, 3.8) is 0 Å². The lowest BCUT2D eigenvalue weighted by Gasteiger charge is -2.29. The fourth-order valence-corrected chi connectivity index (χ4v) is 2.54. The summed E-state index contributed by atoms with van der Waals surface area (Å²) >= 11 is 0. The number of likely N-dealkylation sites (tertiary alicyclic amines) is 1. The molecule has 2 rings (SSSR count). The van der Waals surface area contributed by atoms with Crippen LogP contribution in [-0.2, 0) is 6.42 Å². The molecule has 1 saturated heterocycles. The Hall–Kier alpha value is -1.02. The van der Waals surface area contributed by atoms with Gasteiger partial charge in [0.05, 0.1) is 0 Å². The highest BCUT2D eigenvalue weighted by Crippen LogP contribution is 2.21. The van der Waals surface area contributed by atoms with Gasteiger partial charge in [-0.05, 0) is 62.9 Å². The molecule has 0 amide bonds. The van der Waals surface area contributed by atoms with Crippen molar-refractivity contribution in [2.24, 2.45) is 5.92 Å². The van der Waals surface area contributed by atoms with Crippen molar-refractivity contribution in [1.29, 1.82) is 0 Å². The van der Waals surface area contributed by atoms with Crippen LogP contribution in [0.25, 0.3) is 0 Å². The van der Waals surface area contributed by atoms with Gasteiger partial charge >= 0.3 is 0 Å². The van der Waals surface area contributed by atoms with Gasteiger partial charge in [0.2, 0.25) is 0 Å². The summed E-state index contributed by atoms with van der Waals surface area (Å²) in [7, 11) is 2.21. The topological polar surface area (TPSA) is 23.5 Å². The molecule has 1 atom stereocenters. The minimum atomic E-state index is 0.362. The van der Waals surface area contributed by atoms with Crippen molar-refractivity contribution in [2.45, 2.75) is 25.7 Å². The lowest BCUT2D eigenvalue weighted by atomic mass is 9.92. The first-order chi connectivity index (χ1) is 7.74. The number of aryl methyl sites for hydroxylation is 1. The van der Waals surface area contributed by atoms with Crippen LogP contribution < -0.4 is 0 Å². The van der Waals surface area contributed by atoms with Crippen LogP contribution in [0.4, 0.5) is 0 Å². The van der Waals surface area contributed by atoms with Crippen LogP contribution in [-0.4, -0.2) is 30.1 Å². The number of hydrogen-bond acceptors (Lipinski definition) is 2. The first kappa shape index (κ1) is 11.5. The molecule has 0 radical (unpaired) electrons. The third kappa shape index (κ3) is 3.24. The molecule has 1 N–H and O–H groups in total. The van der Waals surface area contributed by atoms with Gasteiger partial charge in [0.1, 0.15) is 5.75 Å². The van der Waals surface area contributed by atoms with Gasteiger partial charge in [0.15, 0.2) is 0 Å². The SMILES string of the molecule is CN1CCCC(CCc2ccc(O)cc2)C1. The highest BCUT2D eigenvalue weighted by Gasteiger charge is 2.16. The summed E-state index contributed by atoms with van der Waals surface area (Å²) in [5.41, 5.74) is 1.34. The Bertz CT molecular complexity index is 320. The summed E-state index contributed by atoms with van der Waals surface area (Å²) in [4.78, 5) is 2.44. The Kier molecular flexibility index (Phi) is 3.83. The molecule has 2 nitrogen and oxygen atoms in total. The maximum Gasteiger partial charge on any atom is 0.115 e. The van der Waals surface area contributed by atoms with E-state index >= 15 is 0 Å². The number of nitrogens with zero attached hydrogens (tertiary/aromatic N) is 1. The van der Waals surface area contributed by atoms with Crippen molar-refractivity contribution in [3.05, 3.63) is 29.8 Å². The monoisotopic (exact) mass is 219 g/mol. The lowest BCUT2D eigenvalue weighted by molar-refractivity contribution is 0.202. The minimum Gasteiger partial charge on any atom is -0.508 e. The lowest BCUT2D eigenvalue weighted by Crippen LogP contribution is -2.32. The number of aromatic hydroxyl groups is 1. The number of rotatable bonds is 3. The summed E-state index contributed by atoms with van der Waals surface area (Å²) in [6.07, 6.45) is 5.13. The average molecular weight is 219 g/mol. The van der Waals surface area contributed by atoms with E-state index in [1.165, 1.54) is 37.9 Å². The average Bonchev–Trinajstić information content (AvgIpc) is 2.28. The quantitative estimate of drug-likeness (QED) is 0.845. The van der Waals surface area contributed by atoms with E-state index in [1.54, 1.807) is 12.1 Å². The van der Waals surface area contributed by atoms with Crippen molar-refractivity contribution >= 4 is 0 Å². The van der Waals surface area contributed by atoms with Crippen molar-refractivity contribution < 1.29 is 5.11 Å². The fraction of sp³-hybridized carbons (Fsp3) is 0.571. The van der Waals surface area contributed by atoms with Gasteiger partial charge in [0, 0.05) is 6.54 Å². The van der Waals surface area contributed by atoms with E-state index in [-0.39, 0.29) is 0 Å². The molecular weight excluding hydrogens is 198 g/mol. The second-order valence-corrected chi connectivity index (χ2v) is 4.98. The molecule has 88 valence electrons. The normalized spacial score (nSPS) is 22.2. The second kappa shape index (κ2) is 5.35. The first-order valence-corrected chi connectivity index (χ1v) is 6.20. The molecule has 0 bridgehead atoms. The highest BCUT2D eigenvalue weighted by atomic mass is 16.3. The summed E-state index contributed by atoms with van der Waals surface area (Å²) in [5.74, 6) is 1.22. The van der Waals surface area contributed by atoms with Crippen LogP contribution in [0.2, 0.25) is 0 Å². The van der Waals surface area contributed by atoms with E-state index in [0.29, 0.717) is 5.75 Å². The van der Waals surface area contributed by atoms with E-state index in [0.717, 1.165) is 12.3 Å². The second-order valence-electron chi connectivity index (χ2n) is 4.98. The molecule has 0 saturated carbocycles. The van der Waals surface area contributed by atoms with Crippen LogP contribution in [0, 0.1) is 5.92 Å². The van der Waals surface area contributed by atoms with E-state index in [2.05, 4.69) is 11.9 Å². The summed E-state index contributed by atoms with van der Waals surface area (Å²) < 4.78 is 0. The van der Waals surface area contributed by atoms with Gasteiger partial charge < -0.3 is 10.0 Å². The molecule has 0 spiro atoms. The van der Waals surface area contributed by atoms with Crippen LogP contribution in [0.15, 0.2) is 24.3 Å². The number of benzene rings is 1. The molecule has 0 aromatic heterocycles. The maximum atomic E-state index is 9.20. The largest absolute Gasteiger partial charge is 0.508 e. The summed E-state index contributed by atoms with van der Waals surface area (Å²) in [5, 5.41) is 9.20. The van der Waals surface area contributed by atoms with E-state index in [9.17, 15) is 5.11 Å². The highest BCUT2D eigenvalue weighted by molar-refractivity contribution is 5.25. The van der Waals surface area contributed by atoms with Crippen LogP contribution in [0.3, 0.4) is 0 Å². The van der Waals surface area contributed by atoms with Crippen LogP contribution in [0.5, 0.6) is 5.75 Å². The number of hydrogen-bond donors (Lipinski definition) is 1. The molecular formula is C14H21NO. The van der Waals surface area contributed by atoms with Gasteiger partial charge in [-0.25, -0.2) is 0 Å². The van der Waals surface area contributed by atoms with E-state index < -0.39 is 0 Å². The molecule has 1 fully saturated rings. The van der Waals surface area contributed by atoms with Crippen molar-refractivity contribution in [1.82, 2.24) is 4.90 Å². The van der Waals surface area contributed by atoms with Gasteiger partial charge in [-0.2, -0.15) is 0 Å². The van der Waals surface area contributed by atoms with Gasteiger partial charge in [-0.15, -0.1) is 0 Å². The van der Waals surface area contributed by atoms with Gasteiger partial charge in [0.25, 0.3) is 0 Å². The predicted octanol–water partition coefficient (Wildman–Crippen LogP) is 2.67. The summed E-state index contributed by atoms with van der Waals surface area (Å²) in [6.45, 7) is 2.51. The standard InChI is InChI=1S/C14H21NO/c1-15-10-2-3-13(11-15)5-4-12-6-8-14(16)9-7-12/h6-9,13,16H,2-5,10-11H2,1H3. The maximum absolute atomic E-state index is 9.20. The minimum absolute atomic E-state index is 0.362. The molecule has 1 unspecified atom stereocenters. The van der Waals surface area contributed by atoms with Crippen molar-refractivity contribution in [3.8, 4) is 5.75 Å². The smallest absolute Gasteiger partial charge is 0.115 e. The van der Waals surface area contributed by atoms with E-state index in [4.69, 9.17) is 0 Å². The van der Waals surface area contributed by atoms with Crippen molar-refractivity contribution in [2.75, 3.05) is 20.1 Å². The molecule has 1 heterocycles. The fourth-order valence-electron chi connectivity index (χ4n) is 2.54. The Morgan fingerprint density at radius 2 is 2.06 bits per heavy atom. The molecule has 1 aliphatic heterocycles. The zero-order chi connectivity index (χ0) is 11.4. The van der Waals surface area contributed by atoms with Crippen LogP contribution >= 0.6 is 0 Å². The van der Waals surface area contributed by atoms with Crippen LogP contribution in [0.1, 0.15) is 24.8 Å². The molecule has 1 aliphatic rings. The number of phenolic OH excluding ortho intramolecular Hbond substituents is 1. The van der Waals surface area contributed by atoms with E-state index in [1.807, 2.05) is 12.1 Å². The first-order valence-electron chi connectivity index (χ1n) is 6.20.